The molecule has 0 radical (unpaired) electrons. The Morgan fingerprint density at radius 3 is 1.37 bits per heavy atom. The zero-order valence-corrected chi connectivity index (χ0v) is 44.1. The lowest BCUT2D eigenvalue weighted by atomic mass is 10.0. The molecule has 0 rings (SSSR count). The first-order valence-electron chi connectivity index (χ1n) is 27.2. The number of amides is 1. The maximum Gasteiger partial charge on any atom is 0.472 e. The molecule has 0 spiro atoms. The Kier molecular flexibility index (Phi) is 46.0. The van der Waals surface area contributed by atoms with Gasteiger partial charge in [-0.25, -0.2) is 4.57 Å². The number of phosphoric ester groups is 1. The average molecular weight is 934 g/mol. The molecule has 3 atom stereocenters. The predicted octanol–water partition coefficient (Wildman–Crippen LogP) is 16.1. The van der Waals surface area contributed by atoms with Crippen LogP contribution in [0.4, 0.5) is 0 Å². The summed E-state index contributed by atoms with van der Waals surface area (Å²) in [5.74, 6) is -0.200. The minimum Gasteiger partial charge on any atom is -0.387 e. The third kappa shape index (κ3) is 49.9. The number of nitrogens with zero attached hydrogens (tertiary/aromatic N) is 1. The fourth-order valence-corrected chi connectivity index (χ4v) is 8.39. The number of quaternary nitrogens is 1. The Hall–Kier alpha value is -1.80. The minimum absolute atomic E-state index is 0.0513. The summed E-state index contributed by atoms with van der Waals surface area (Å²) >= 11 is 0. The second-order valence-electron chi connectivity index (χ2n) is 19.6. The van der Waals surface area contributed by atoms with Gasteiger partial charge in [0.1, 0.15) is 13.2 Å². The number of aliphatic hydroxyl groups excluding tert-OH is 1. The number of aliphatic hydroxyl groups is 1. The van der Waals surface area contributed by atoms with Crippen molar-refractivity contribution >= 4 is 13.7 Å². The van der Waals surface area contributed by atoms with E-state index in [1.165, 1.54) is 154 Å². The van der Waals surface area contributed by atoms with E-state index >= 15 is 0 Å². The summed E-state index contributed by atoms with van der Waals surface area (Å²) in [5, 5.41) is 13.9. The number of hydrogen-bond acceptors (Lipinski definition) is 5. The van der Waals surface area contributed by atoms with Crippen LogP contribution in [0.15, 0.2) is 60.8 Å². The maximum atomic E-state index is 12.9. The van der Waals surface area contributed by atoms with E-state index in [0.29, 0.717) is 17.4 Å². The van der Waals surface area contributed by atoms with E-state index in [1.807, 2.05) is 27.2 Å². The fraction of sp³-hybridized carbons (Fsp3) is 0.804. The van der Waals surface area contributed by atoms with Gasteiger partial charge in [-0.1, -0.05) is 222 Å². The topological polar surface area (TPSA) is 105 Å². The molecule has 0 aliphatic rings. The molecule has 0 aliphatic heterocycles. The van der Waals surface area contributed by atoms with Crippen molar-refractivity contribution in [2.45, 2.75) is 251 Å². The third-order valence-electron chi connectivity index (χ3n) is 12.0. The second kappa shape index (κ2) is 47.3. The molecule has 0 aromatic heterocycles. The number of nitrogens with one attached hydrogen (secondary N) is 1. The van der Waals surface area contributed by atoms with Gasteiger partial charge in [0, 0.05) is 6.42 Å². The first-order valence-corrected chi connectivity index (χ1v) is 28.7. The van der Waals surface area contributed by atoms with E-state index in [-0.39, 0.29) is 19.1 Å². The molecule has 0 fully saturated rings. The van der Waals surface area contributed by atoms with Gasteiger partial charge in [0.2, 0.25) is 5.91 Å². The number of likely N-dealkylation sites (N-methyl/N-ethyl adjacent to an activating group) is 1. The van der Waals surface area contributed by atoms with Crippen LogP contribution in [0.5, 0.6) is 0 Å². The average Bonchev–Trinajstić information content (AvgIpc) is 3.26. The van der Waals surface area contributed by atoms with Crippen molar-refractivity contribution in [3.05, 3.63) is 60.8 Å². The summed E-state index contributed by atoms with van der Waals surface area (Å²) in [6, 6.07) is -0.873. The zero-order chi connectivity index (χ0) is 47.8. The molecule has 8 nitrogen and oxygen atoms in total. The molecule has 1 amide bonds. The molecule has 0 saturated heterocycles. The summed E-state index contributed by atoms with van der Waals surface area (Å²) in [6.45, 7) is 4.77. The summed E-state index contributed by atoms with van der Waals surface area (Å²) in [5.41, 5.74) is 0. The van der Waals surface area contributed by atoms with Gasteiger partial charge in [0.05, 0.1) is 39.9 Å². The Bertz CT molecular complexity index is 1240. The number of hydrogen-bond donors (Lipinski definition) is 3. The highest BCUT2D eigenvalue weighted by Gasteiger charge is 2.27. The minimum atomic E-state index is -4.36. The van der Waals surface area contributed by atoms with Crippen LogP contribution in [0.25, 0.3) is 0 Å². The molecule has 380 valence electrons. The van der Waals surface area contributed by atoms with Gasteiger partial charge in [-0.3, -0.25) is 13.8 Å². The summed E-state index contributed by atoms with van der Waals surface area (Å²) in [6.07, 6.45) is 63.1. The number of unbranched alkanes of at least 4 members (excludes halogenated alkanes) is 28. The number of carbonyl (C=O) groups excluding carboxylic acids is 1. The van der Waals surface area contributed by atoms with Crippen LogP contribution in [0, 0.1) is 0 Å². The number of rotatable bonds is 49. The van der Waals surface area contributed by atoms with E-state index in [1.54, 1.807) is 6.08 Å². The quantitative estimate of drug-likeness (QED) is 0.0243. The summed E-state index contributed by atoms with van der Waals surface area (Å²) in [7, 11) is 1.54. The fourth-order valence-electron chi connectivity index (χ4n) is 7.65. The van der Waals surface area contributed by atoms with Crippen LogP contribution in [0.1, 0.15) is 239 Å². The van der Waals surface area contributed by atoms with E-state index in [2.05, 4.69) is 67.8 Å². The van der Waals surface area contributed by atoms with Gasteiger partial charge in [-0.05, 0) is 70.6 Å². The van der Waals surface area contributed by atoms with Crippen molar-refractivity contribution < 1.29 is 32.9 Å². The van der Waals surface area contributed by atoms with Crippen LogP contribution in [-0.2, 0) is 18.4 Å². The van der Waals surface area contributed by atoms with Crippen molar-refractivity contribution in [1.82, 2.24) is 5.32 Å². The van der Waals surface area contributed by atoms with E-state index < -0.39 is 20.0 Å². The third-order valence-corrected chi connectivity index (χ3v) is 12.9. The van der Waals surface area contributed by atoms with Crippen molar-refractivity contribution in [2.24, 2.45) is 0 Å². The molecule has 0 saturated carbocycles. The lowest BCUT2D eigenvalue weighted by molar-refractivity contribution is -0.870. The highest BCUT2D eigenvalue weighted by molar-refractivity contribution is 7.47. The normalized spacial score (nSPS) is 14.5. The first-order chi connectivity index (χ1) is 31.5. The lowest BCUT2D eigenvalue weighted by Crippen LogP contribution is -2.45. The number of phosphoric acid groups is 1. The van der Waals surface area contributed by atoms with Gasteiger partial charge >= 0.3 is 7.82 Å². The molecule has 0 bridgehead atoms. The van der Waals surface area contributed by atoms with Crippen LogP contribution in [0.2, 0.25) is 0 Å². The Morgan fingerprint density at radius 1 is 0.523 bits per heavy atom. The van der Waals surface area contributed by atoms with Gasteiger partial charge < -0.3 is 19.8 Å². The van der Waals surface area contributed by atoms with E-state index in [0.717, 1.165) is 64.2 Å². The molecule has 3 N–H and O–H groups in total. The van der Waals surface area contributed by atoms with Crippen LogP contribution in [-0.4, -0.2) is 73.4 Å². The first kappa shape index (κ1) is 63.2. The summed E-state index contributed by atoms with van der Waals surface area (Å²) < 4.78 is 23.6. The highest BCUT2D eigenvalue weighted by atomic mass is 31.2. The molecular formula is C56H106N2O6P+. The monoisotopic (exact) mass is 934 g/mol. The highest BCUT2D eigenvalue weighted by Crippen LogP contribution is 2.43. The van der Waals surface area contributed by atoms with Crippen LogP contribution in [0.3, 0.4) is 0 Å². The second-order valence-corrected chi connectivity index (χ2v) is 21.0. The van der Waals surface area contributed by atoms with Crippen molar-refractivity contribution in [1.29, 1.82) is 0 Å². The number of allylic oxidation sites excluding steroid dienone is 9. The molecule has 65 heavy (non-hydrogen) atoms. The van der Waals surface area contributed by atoms with Crippen LogP contribution >= 0.6 is 7.82 Å². The standard InChI is InChI=1S/C56H105N2O6P/c1-6-8-10-12-14-16-18-20-22-24-26-27-28-29-30-32-33-35-37-39-41-43-45-47-49-55(59)54(53-64-65(61,62)63-52-51-58(3,4)5)57-56(60)50-48-46-44-42-40-38-36-34-31-25-23-21-19-17-15-13-11-9-7-2/h15,17,21,23,31,34,39,41,47,49,54-55,59H,6-14,16,18-20,22,24-30,32-33,35-38,40,42-46,48,50-53H2,1-5H3,(H-,57,60,61,62)/p+1/b17-15-,23-21-,34-31-,41-39+,49-47+. The Balaban J connectivity index is 4.34. The molecule has 3 unspecified atom stereocenters. The molecular weight excluding hydrogens is 828 g/mol. The van der Waals surface area contributed by atoms with Gasteiger partial charge in [-0.2, -0.15) is 0 Å². The smallest absolute Gasteiger partial charge is 0.387 e. The largest absolute Gasteiger partial charge is 0.472 e. The maximum absolute atomic E-state index is 12.9. The van der Waals surface area contributed by atoms with Gasteiger partial charge in [-0.15, -0.1) is 0 Å². The SMILES string of the molecule is CCCCC/C=C\C/C=C\C/C=C\CCCCCCCCC(=O)NC(COP(=O)(O)OCC[N+](C)(C)C)C(O)/C=C/CC/C=C/CCCCCCCCCCCCCCCCCCCC. The molecule has 9 heteroatoms. The lowest BCUT2D eigenvalue weighted by Gasteiger charge is -2.25. The summed E-state index contributed by atoms with van der Waals surface area (Å²) in [4.78, 5) is 23.2. The van der Waals surface area contributed by atoms with Crippen molar-refractivity contribution in [3.8, 4) is 0 Å². The zero-order valence-electron chi connectivity index (χ0n) is 43.2. The number of carbonyl (C=O) groups is 1. The van der Waals surface area contributed by atoms with Crippen LogP contribution < -0.4 is 5.32 Å². The van der Waals surface area contributed by atoms with Gasteiger partial charge in [0.15, 0.2) is 0 Å². The Morgan fingerprint density at radius 2 is 0.892 bits per heavy atom. The van der Waals surface area contributed by atoms with Gasteiger partial charge in [0.25, 0.3) is 0 Å². The Labute approximate surface area is 402 Å². The van der Waals surface area contributed by atoms with E-state index in [4.69, 9.17) is 9.05 Å². The molecule has 0 aromatic carbocycles. The molecule has 0 aromatic rings. The van der Waals surface area contributed by atoms with E-state index in [9.17, 15) is 19.4 Å². The van der Waals surface area contributed by atoms with Crippen molar-refractivity contribution in [2.75, 3.05) is 40.9 Å². The van der Waals surface area contributed by atoms with Crippen molar-refractivity contribution in [3.63, 3.8) is 0 Å². The molecule has 0 aliphatic carbocycles. The molecule has 0 heterocycles. The predicted molar refractivity (Wildman–Crippen MR) is 281 cm³/mol.